The molecule has 1 N–H and O–H groups in total. The predicted molar refractivity (Wildman–Crippen MR) is 82.5 cm³/mol. The van der Waals surface area contributed by atoms with Gasteiger partial charge in [-0.2, -0.15) is 0 Å². The average Bonchev–Trinajstić information content (AvgIpc) is 2.48. The summed E-state index contributed by atoms with van der Waals surface area (Å²) in [6.07, 6.45) is 0. The summed E-state index contributed by atoms with van der Waals surface area (Å²) >= 11 is 0. The average molecular weight is 284 g/mol. The second-order valence-electron chi connectivity index (χ2n) is 5.44. The molecule has 0 heterocycles. The molecule has 3 nitrogen and oxygen atoms in total. The van der Waals surface area contributed by atoms with E-state index >= 15 is 0 Å². The smallest absolute Gasteiger partial charge is 0.342 e. The molecule has 3 heteroatoms. The van der Waals surface area contributed by atoms with Crippen molar-refractivity contribution in [3.63, 3.8) is 0 Å². The summed E-state index contributed by atoms with van der Waals surface area (Å²) in [6, 6.07) is 13.0. The van der Waals surface area contributed by atoms with E-state index in [4.69, 9.17) is 4.74 Å². The van der Waals surface area contributed by atoms with Gasteiger partial charge >= 0.3 is 5.97 Å². The van der Waals surface area contributed by atoms with E-state index in [-0.39, 0.29) is 17.9 Å². The quantitative estimate of drug-likeness (QED) is 0.857. The first-order valence-electron chi connectivity index (χ1n) is 7.03. The van der Waals surface area contributed by atoms with E-state index in [2.05, 4.69) is 13.8 Å². The molecule has 2 aromatic rings. The number of aromatic hydroxyl groups is 1. The molecule has 21 heavy (non-hydrogen) atoms. The molecule has 0 saturated carbocycles. The zero-order valence-electron chi connectivity index (χ0n) is 12.6. The zero-order chi connectivity index (χ0) is 15.4. The minimum absolute atomic E-state index is 0.0161. The van der Waals surface area contributed by atoms with E-state index in [0.717, 1.165) is 5.56 Å². The lowest BCUT2D eigenvalue weighted by Crippen LogP contribution is -2.06. The first kappa shape index (κ1) is 15.1. The topological polar surface area (TPSA) is 46.5 Å². The fourth-order valence-electron chi connectivity index (χ4n) is 2.05. The SMILES string of the molecule is Cc1cccc(C(=O)OCc2ccc(C(C)C)cc2)c1O. The number of rotatable bonds is 4. The maximum atomic E-state index is 12.0. The van der Waals surface area contributed by atoms with Gasteiger partial charge in [0.15, 0.2) is 0 Å². The highest BCUT2D eigenvalue weighted by Crippen LogP contribution is 2.22. The van der Waals surface area contributed by atoms with Crippen LogP contribution in [0.15, 0.2) is 42.5 Å². The minimum Gasteiger partial charge on any atom is -0.507 e. The van der Waals surface area contributed by atoms with Crippen molar-refractivity contribution in [1.82, 2.24) is 0 Å². The molecule has 0 atom stereocenters. The van der Waals surface area contributed by atoms with Crippen LogP contribution in [0.1, 0.15) is 46.8 Å². The van der Waals surface area contributed by atoms with Crippen LogP contribution < -0.4 is 0 Å². The molecule has 0 spiro atoms. The number of phenols is 1. The third-order valence-corrected chi connectivity index (χ3v) is 3.47. The molecule has 0 saturated heterocycles. The third-order valence-electron chi connectivity index (χ3n) is 3.47. The second kappa shape index (κ2) is 6.44. The van der Waals surface area contributed by atoms with Gasteiger partial charge in [0.05, 0.1) is 0 Å². The van der Waals surface area contributed by atoms with Gasteiger partial charge in [-0.3, -0.25) is 0 Å². The number of benzene rings is 2. The molecule has 0 fully saturated rings. The number of phenolic OH excluding ortho intramolecular Hbond substituents is 1. The molecule has 2 aromatic carbocycles. The maximum Gasteiger partial charge on any atom is 0.342 e. The molecule has 0 radical (unpaired) electrons. The van der Waals surface area contributed by atoms with Gasteiger partial charge in [0.25, 0.3) is 0 Å². The summed E-state index contributed by atoms with van der Waals surface area (Å²) in [5.41, 5.74) is 3.04. The van der Waals surface area contributed by atoms with Crippen LogP contribution in [0.4, 0.5) is 0 Å². The van der Waals surface area contributed by atoms with Gasteiger partial charge < -0.3 is 9.84 Å². The fourth-order valence-corrected chi connectivity index (χ4v) is 2.05. The lowest BCUT2D eigenvalue weighted by Gasteiger charge is -2.09. The highest BCUT2D eigenvalue weighted by molar-refractivity contribution is 5.92. The Kier molecular flexibility index (Phi) is 4.63. The van der Waals surface area contributed by atoms with E-state index in [1.807, 2.05) is 24.3 Å². The molecule has 0 amide bonds. The lowest BCUT2D eigenvalue weighted by atomic mass is 10.0. The summed E-state index contributed by atoms with van der Waals surface area (Å²) < 4.78 is 5.25. The number of para-hydroxylation sites is 1. The Hall–Kier alpha value is -2.29. The van der Waals surface area contributed by atoms with Gasteiger partial charge in [-0.15, -0.1) is 0 Å². The van der Waals surface area contributed by atoms with Crippen molar-refractivity contribution in [3.8, 4) is 5.75 Å². The summed E-state index contributed by atoms with van der Waals surface area (Å²) in [7, 11) is 0. The standard InChI is InChI=1S/C18H20O3/c1-12(2)15-9-7-14(8-10-15)11-21-18(20)16-6-4-5-13(3)17(16)19/h4-10,12,19H,11H2,1-3H3. The first-order valence-corrected chi connectivity index (χ1v) is 7.03. The highest BCUT2D eigenvalue weighted by atomic mass is 16.5. The summed E-state index contributed by atoms with van der Waals surface area (Å²) in [5.74, 6) is -0.0485. The molecular formula is C18H20O3. The van der Waals surface area contributed by atoms with E-state index in [1.54, 1.807) is 25.1 Å². The number of carbonyl (C=O) groups is 1. The van der Waals surface area contributed by atoms with E-state index < -0.39 is 5.97 Å². The van der Waals surface area contributed by atoms with Crippen LogP contribution in [0, 0.1) is 6.92 Å². The van der Waals surface area contributed by atoms with Crippen molar-refractivity contribution >= 4 is 5.97 Å². The van der Waals surface area contributed by atoms with Gasteiger partial charge in [0, 0.05) is 0 Å². The number of esters is 1. The Morgan fingerprint density at radius 2 is 1.81 bits per heavy atom. The number of ether oxygens (including phenoxy) is 1. The van der Waals surface area contributed by atoms with Crippen LogP contribution in [0.3, 0.4) is 0 Å². The van der Waals surface area contributed by atoms with Crippen LogP contribution in [0.25, 0.3) is 0 Å². The van der Waals surface area contributed by atoms with E-state index in [1.165, 1.54) is 5.56 Å². The number of hydrogen-bond donors (Lipinski definition) is 1. The van der Waals surface area contributed by atoms with Gasteiger partial charge in [-0.1, -0.05) is 50.2 Å². The maximum absolute atomic E-state index is 12.0. The monoisotopic (exact) mass is 284 g/mol. The van der Waals surface area contributed by atoms with Crippen molar-refractivity contribution < 1.29 is 14.6 Å². The first-order chi connectivity index (χ1) is 9.99. The number of hydrogen-bond acceptors (Lipinski definition) is 3. The van der Waals surface area contributed by atoms with Gasteiger partial charge in [0.2, 0.25) is 0 Å². The van der Waals surface area contributed by atoms with Gasteiger partial charge in [-0.05, 0) is 35.6 Å². The fraction of sp³-hybridized carbons (Fsp3) is 0.278. The molecule has 0 unspecified atom stereocenters. The molecule has 0 bridgehead atoms. The van der Waals surface area contributed by atoms with E-state index in [0.29, 0.717) is 11.5 Å². The van der Waals surface area contributed by atoms with Crippen molar-refractivity contribution in [1.29, 1.82) is 0 Å². The summed E-state index contributed by atoms with van der Waals surface area (Å²) in [5, 5.41) is 9.86. The van der Waals surface area contributed by atoms with Crippen molar-refractivity contribution in [2.75, 3.05) is 0 Å². The van der Waals surface area contributed by atoms with Crippen LogP contribution in [0.5, 0.6) is 5.75 Å². The Morgan fingerprint density at radius 1 is 1.14 bits per heavy atom. The zero-order valence-corrected chi connectivity index (χ0v) is 12.6. The molecular weight excluding hydrogens is 264 g/mol. The van der Waals surface area contributed by atoms with Crippen molar-refractivity contribution in [3.05, 3.63) is 64.7 Å². The van der Waals surface area contributed by atoms with Crippen molar-refractivity contribution in [2.24, 2.45) is 0 Å². The molecule has 0 aliphatic carbocycles. The highest BCUT2D eigenvalue weighted by Gasteiger charge is 2.13. The van der Waals surface area contributed by atoms with E-state index in [9.17, 15) is 9.90 Å². The largest absolute Gasteiger partial charge is 0.507 e. The Labute approximate surface area is 125 Å². The Balaban J connectivity index is 2.02. The van der Waals surface area contributed by atoms with Crippen LogP contribution in [-0.4, -0.2) is 11.1 Å². The Morgan fingerprint density at radius 3 is 2.43 bits per heavy atom. The number of carbonyl (C=O) groups excluding carboxylic acids is 1. The van der Waals surface area contributed by atoms with Crippen LogP contribution in [-0.2, 0) is 11.3 Å². The normalized spacial score (nSPS) is 10.7. The lowest BCUT2D eigenvalue weighted by molar-refractivity contribution is 0.0469. The molecule has 0 aliphatic heterocycles. The van der Waals surface area contributed by atoms with Crippen LogP contribution >= 0.6 is 0 Å². The Bertz CT molecular complexity index is 627. The molecule has 0 aliphatic rings. The predicted octanol–water partition coefficient (Wildman–Crippen LogP) is 4.18. The van der Waals surface area contributed by atoms with Crippen molar-refractivity contribution in [2.45, 2.75) is 33.3 Å². The molecule has 110 valence electrons. The summed E-state index contributed by atoms with van der Waals surface area (Å²) in [4.78, 5) is 12.0. The third kappa shape index (κ3) is 3.63. The number of aryl methyl sites for hydroxylation is 1. The van der Waals surface area contributed by atoms with Gasteiger partial charge in [-0.25, -0.2) is 4.79 Å². The van der Waals surface area contributed by atoms with Gasteiger partial charge in [0.1, 0.15) is 17.9 Å². The minimum atomic E-state index is -0.510. The second-order valence-corrected chi connectivity index (χ2v) is 5.44. The summed E-state index contributed by atoms with van der Waals surface area (Å²) in [6.45, 7) is 6.21. The van der Waals surface area contributed by atoms with Crippen LogP contribution in [0.2, 0.25) is 0 Å². The molecule has 0 aromatic heterocycles. The molecule has 2 rings (SSSR count).